The van der Waals surface area contributed by atoms with E-state index in [0.29, 0.717) is 41.5 Å². The van der Waals surface area contributed by atoms with Crippen molar-refractivity contribution in [2.75, 3.05) is 13.7 Å². The highest BCUT2D eigenvalue weighted by atomic mass is 16.5. The Hall–Kier alpha value is -2.54. The number of carbonyl (C=O) groups excluding carboxylic acids is 2. The first-order valence-electron chi connectivity index (χ1n) is 10.4. The summed E-state index contributed by atoms with van der Waals surface area (Å²) in [7, 11) is 1.53. The van der Waals surface area contributed by atoms with E-state index in [2.05, 4.69) is 5.32 Å². The molecule has 0 aliphatic heterocycles. The number of aryl methyl sites for hydroxylation is 1. The van der Waals surface area contributed by atoms with Crippen LogP contribution in [0.3, 0.4) is 0 Å². The molecule has 0 aliphatic carbocycles. The minimum absolute atomic E-state index is 0.0392. The van der Waals surface area contributed by atoms with Gasteiger partial charge in [-0.15, -0.1) is 0 Å². The third kappa shape index (κ3) is 6.76. The van der Waals surface area contributed by atoms with Crippen molar-refractivity contribution < 1.29 is 28.6 Å². The molecule has 2 rings (SSSR count). The number of carbonyl (C=O) groups is 2. The Morgan fingerprint density at radius 1 is 1.30 bits per heavy atom. The molecule has 2 N–H and O–H groups in total. The van der Waals surface area contributed by atoms with Gasteiger partial charge in [-0.2, -0.15) is 0 Å². The minimum Gasteiger partial charge on any atom is -0.493 e. The first kappa shape index (κ1) is 23.7. The topological polar surface area (TPSA) is 98.0 Å². The Bertz CT molecular complexity index is 864. The minimum atomic E-state index is -0.684. The molecule has 2 aromatic rings. The van der Waals surface area contributed by atoms with E-state index >= 15 is 0 Å². The summed E-state index contributed by atoms with van der Waals surface area (Å²) in [4.78, 5) is 24.5. The first-order chi connectivity index (χ1) is 14.1. The highest BCUT2D eigenvalue weighted by Gasteiger charge is 2.19. The van der Waals surface area contributed by atoms with Gasteiger partial charge in [-0.25, -0.2) is 4.79 Å². The fourth-order valence-electron chi connectivity index (χ4n) is 3.34. The number of esters is 1. The lowest BCUT2D eigenvalue weighted by atomic mass is 9.99. The van der Waals surface area contributed by atoms with Crippen molar-refractivity contribution in [2.24, 2.45) is 0 Å². The van der Waals surface area contributed by atoms with Gasteiger partial charge in [0.2, 0.25) is 5.91 Å². The fraction of sp³-hybridized carbons (Fsp3) is 0.565. The number of hydrogen-bond acceptors (Lipinski definition) is 6. The molecule has 1 aromatic carbocycles. The maximum absolute atomic E-state index is 12.3. The summed E-state index contributed by atoms with van der Waals surface area (Å²) >= 11 is 0. The smallest absolute Gasteiger partial charge is 0.342 e. The zero-order valence-electron chi connectivity index (χ0n) is 18.5. The second-order valence-electron chi connectivity index (χ2n) is 8.22. The number of benzene rings is 1. The van der Waals surface area contributed by atoms with Crippen LogP contribution >= 0.6 is 0 Å². The summed E-state index contributed by atoms with van der Waals surface area (Å²) < 4.78 is 16.0. The maximum Gasteiger partial charge on any atom is 0.342 e. The van der Waals surface area contributed by atoms with Crippen LogP contribution in [0.1, 0.15) is 69.3 Å². The van der Waals surface area contributed by atoms with Gasteiger partial charge in [0.25, 0.3) is 0 Å². The van der Waals surface area contributed by atoms with Crippen LogP contribution in [-0.4, -0.2) is 42.3 Å². The van der Waals surface area contributed by atoms with Crippen LogP contribution < -0.4 is 10.1 Å². The fourth-order valence-corrected chi connectivity index (χ4v) is 3.34. The molecule has 7 heteroatoms. The largest absolute Gasteiger partial charge is 0.493 e. The van der Waals surface area contributed by atoms with Crippen molar-refractivity contribution in [1.82, 2.24) is 5.32 Å². The molecule has 0 saturated carbocycles. The van der Waals surface area contributed by atoms with Crippen LogP contribution in [0.5, 0.6) is 5.75 Å². The molecule has 1 heterocycles. The molecule has 166 valence electrons. The number of hydrogen-bond donors (Lipinski definition) is 2. The van der Waals surface area contributed by atoms with Gasteiger partial charge in [0.1, 0.15) is 11.8 Å². The molecule has 0 saturated heterocycles. The quantitative estimate of drug-likeness (QED) is 0.534. The lowest BCUT2D eigenvalue weighted by Gasteiger charge is -2.19. The normalized spacial score (nSPS) is 12.6. The molecule has 0 radical (unpaired) electrons. The highest BCUT2D eigenvalue weighted by molar-refractivity contribution is 6.04. The molecule has 1 aromatic heterocycles. The molecule has 0 bridgehead atoms. The Kier molecular flexibility index (Phi) is 8.29. The zero-order valence-corrected chi connectivity index (χ0v) is 18.5. The maximum atomic E-state index is 12.3. The molecule has 30 heavy (non-hydrogen) atoms. The summed E-state index contributed by atoms with van der Waals surface area (Å²) in [5.74, 6) is 0.0224. The van der Waals surface area contributed by atoms with Gasteiger partial charge in [0.15, 0.2) is 11.3 Å². The van der Waals surface area contributed by atoms with Crippen molar-refractivity contribution in [3.63, 3.8) is 0 Å². The molecule has 1 unspecified atom stereocenters. The average molecular weight is 420 g/mol. The predicted molar refractivity (Wildman–Crippen MR) is 115 cm³/mol. The van der Waals surface area contributed by atoms with Crippen LogP contribution in [0, 0.1) is 0 Å². The van der Waals surface area contributed by atoms with E-state index in [4.69, 9.17) is 13.9 Å². The molecule has 7 nitrogen and oxygen atoms in total. The number of rotatable bonds is 11. The Balaban J connectivity index is 2.00. The van der Waals surface area contributed by atoms with Gasteiger partial charge in [-0.05, 0) is 71.1 Å². The van der Waals surface area contributed by atoms with Gasteiger partial charge in [-0.3, -0.25) is 4.79 Å². The highest BCUT2D eigenvalue weighted by Crippen LogP contribution is 2.32. The van der Waals surface area contributed by atoms with E-state index in [9.17, 15) is 14.7 Å². The van der Waals surface area contributed by atoms with E-state index in [1.165, 1.54) is 13.4 Å². The number of nitrogens with one attached hydrogen (secondary N) is 1. The second-order valence-corrected chi connectivity index (χ2v) is 8.22. The Morgan fingerprint density at radius 3 is 2.67 bits per heavy atom. The molecule has 0 aliphatic rings. The SMILES string of the molecule is CCOC(=O)c1coc2c(OC)cc(CCC(=O)NC(C)CCCC(C)(C)O)cc12. The Morgan fingerprint density at radius 2 is 2.03 bits per heavy atom. The molecule has 0 fully saturated rings. The van der Waals surface area contributed by atoms with Crippen molar-refractivity contribution in [3.05, 3.63) is 29.5 Å². The summed E-state index contributed by atoms with van der Waals surface area (Å²) in [6.45, 7) is 7.56. The van der Waals surface area contributed by atoms with E-state index in [1.54, 1.807) is 20.8 Å². The van der Waals surface area contributed by atoms with Crippen LogP contribution in [0.2, 0.25) is 0 Å². The van der Waals surface area contributed by atoms with Crippen LogP contribution in [0.15, 0.2) is 22.8 Å². The van der Waals surface area contributed by atoms with Gasteiger partial charge in [0, 0.05) is 17.8 Å². The van der Waals surface area contributed by atoms with E-state index in [-0.39, 0.29) is 18.6 Å². The lowest BCUT2D eigenvalue weighted by Crippen LogP contribution is -2.33. The van der Waals surface area contributed by atoms with Gasteiger partial charge >= 0.3 is 5.97 Å². The van der Waals surface area contributed by atoms with Gasteiger partial charge in [-0.1, -0.05) is 0 Å². The average Bonchev–Trinajstić information content (AvgIpc) is 3.09. The van der Waals surface area contributed by atoms with Gasteiger partial charge < -0.3 is 24.3 Å². The van der Waals surface area contributed by atoms with E-state index in [1.807, 2.05) is 19.1 Å². The number of furan rings is 1. The third-order valence-corrected chi connectivity index (χ3v) is 4.89. The van der Waals surface area contributed by atoms with Crippen LogP contribution in [0.4, 0.5) is 0 Å². The number of methoxy groups -OCH3 is 1. The standard InChI is InChI=1S/C23H33NO6/c1-6-29-22(26)18-14-30-21-17(18)12-16(13-19(21)28-5)9-10-20(25)24-15(2)8-7-11-23(3,4)27/h12-15,27H,6-11H2,1-5H3,(H,24,25). The summed E-state index contributed by atoms with van der Waals surface area (Å²) in [5, 5.41) is 13.4. The zero-order chi connectivity index (χ0) is 22.3. The van der Waals surface area contributed by atoms with Crippen LogP contribution in [0.25, 0.3) is 11.0 Å². The van der Waals surface area contributed by atoms with Crippen molar-refractivity contribution in [2.45, 2.75) is 71.4 Å². The number of amides is 1. The first-order valence-corrected chi connectivity index (χ1v) is 10.4. The second kappa shape index (κ2) is 10.5. The van der Waals surface area contributed by atoms with Gasteiger partial charge in [0.05, 0.1) is 19.3 Å². The molecule has 1 amide bonds. The van der Waals surface area contributed by atoms with Crippen molar-refractivity contribution >= 4 is 22.8 Å². The molecule has 1 atom stereocenters. The van der Waals surface area contributed by atoms with Crippen molar-refractivity contribution in [1.29, 1.82) is 0 Å². The summed E-state index contributed by atoms with van der Waals surface area (Å²) in [6.07, 6.45) is 4.54. The lowest BCUT2D eigenvalue weighted by molar-refractivity contribution is -0.121. The number of aliphatic hydroxyl groups is 1. The third-order valence-electron chi connectivity index (χ3n) is 4.89. The Labute approximate surface area is 177 Å². The predicted octanol–water partition coefficient (Wildman–Crippen LogP) is 4.00. The van der Waals surface area contributed by atoms with Crippen molar-refractivity contribution in [3.8, 4) is 5.75 Å². The number of fused-ring (bicyclic) bond motifs is 1. The molecular weight excluding hydrogens is 386 g/mol. The van der Waals surface area contributed by atoms with Crippen LogP contribution in [-0.2, 0) is 16.0 Å². The monoisotopic (exact) mass is 419 g/mol. The number of ether oxygens (including phenoxy) is 2. The van der Waals surface area contributed by atoms with E-state index < -0.39 is 11.6 Å². The van der Waals surface area contributed by atoms with E-state index in [0.717, 1.165) is 18.4 Å². The summed E-state index contributed by atoms with van der Waals surface area (Å²) in [6, 6.07) is 3.70. The molecule has 0 spiro atoms. The molecular formula is C23H33NO6. The summed E-state index contributed by atoms with van der Waals surface area (Å²) in [5.41, 5.74) is 1.01.